The van der Waals surface area contributed by atoms with Crippen LogP contribution in [0.4, 0.5) is 10.1 Å². The Bertz CT molecular complexity index is 644. The number of pyridine rings is 1. The highest BCUT2D eigenvalue weighted by molar-refractivity contribution is 5.39. The topological polar surface area (TPSA) is 65.3 Å². The molecule has 6 heteroatoms. The van der Waals surface area contributed by atoms with E-state index in [0.29, 0.717) is 11.3 Å². The number of nitrogens with zero attached hydrogens (tertiary/aromatic N) is 2. The Morgan fingerprint density at radius 3 is 2.58 bits per heavy atom. The first-order valence-electron chi connectivity index (χ1n) is 5.53. The van der Waals surface area contributed by atoms with Gasteiger partial charge in [-0.05, 0) is 37.6 Å². The number of aryl methyl sites for hydroxylation is 2. The first kappa shape index (κ1) is 12.9. The van der Waals surface area contributed by atoms with Gasteiger partial charge in [-0.25, -0.2) is 9.37 Å². The number of benzene rings is 1. The molecule has 0 saturated heterocycles. The van der Waals surface area contributed by atoms with Crippen molar-refractivity contribution in [2.75, 3.05) is 0 Å². The van der Waals surface area contributed by atoms with Crippen molar-refractivity contribution >= 4 is 5.69 Å². The predicted octanol–water partition coefficient (Wildman–Crippen LogP) is 3.54. The summed E-state index contributed by atoms with van der Waals surface area (Å²) in [6.07, 6.45) is 0. The van der Waals surface area contributed by atoms with Gasteiger partial charge in [0.25, 0.3) is 5.69 Å². The van der Waals surface area contributed by atoms with Crippen LogP contribution in [-0.4, -0.2) is 9.91 Å². The number of hydrogen-bond acceptors (Lipinski definition) is 4. The van der Waals surface area contributed by atoms with E-state index in [1.54, 1.807) is 6.92 Å². The summed E-state index contributed by atoms with van der Waals surface area (Å²) < 4.78 is 18.5. The van der Waals surface area contributed by atoms with Gasteiger partial charge < -0.3 is 4.74 Å². The Morgan fingerprint density at radius 1 is 1.26 bits per heavy atom. The Labute approximate surface area is 108 Å². The van der Waals surface area contributed by atoms with Gasteiger partial charge in [0.05, 0.1) is 4.92 Å². The molecule has 1 aromatic heterocycles. The van der Waals surface area contributed by atoms with Gasteiger partial charge in [-0.3, -0.25) is 10.1 Å². The summed E-state index contributed by atoms with van der Waals surface area (Å²) in [5, 5.41) is 10.7. The van der Waals surface area contributed by atoms with Crippen LogP contribution in [0, 0.1) is 29.8 Å². The molecular formula is C13H11FN2O3. The second-order valence-electron chi connectivity index (χ2n) is 4.02. The van der Waals surface area contributed by atoms with E-state index >= 15 is 0 Å². The Hall–Kier alpha value is -2.50. The third kappa shape index (κ3) is 2.85. The molecule has 2 rings (SSSR count). The van der Waals surface area contributed by atoms with Gasteiger partial charge >= 0.3 is 0 Å². The van der Waals surface area contributed by atoms with Crippen molar-refractivity contribution in [1.29, 1.82) is 0 Å². The smallest absolute Gasteiger partial charge is 0.290 e. The second kappa shape index (κ2) is 5.01. The number of halogens is 1. The lowest BCUT2D eigenvalue weighted by atomic mass is 10.2. The fourth-order valence-corrected chi connectivity index (χ4v) is 1.58. The van der Waals surface area contributed by atoms with Crippen LogP contribution in [0.2, 0.25) is 0 Å². The molecule has 5 nitrogen and oxygen atoms in total. The van der Waals surface area contributed by atoms with Crippen LogP contribution < -0.4 is 4.74 Å². The highest BCUT2D eigenvalue weighted by Crippen LogP contribution is 2.25. The maximum atomic E-state index is 13.1. The molecular weight excluding hydrogens is 251 g/mol. The molecule has 0 fully saturated rings. The standard InChI is InChI=1S/C13H11FN2O3/c1-8-7-10(3-4-11(8)14)19-13-6-5-12(16(17)18)9(2)15-13/h3-7H,1-2H3. The predicted molar refractivity (Wildman–Crippen MR) is 66.8 cm³/mol. The summed E-state index contributed by atoms with van der Waals surface area (Å²) >= 11 is 0. The molecule has 98 valence electrons. The molecule has 2 aromatic rings. The van der Waals surface area contributed by atoms with Gasteiger partial charge in [0.1, 0.15) is 17.3 Å². The van der Waals surface area contributed by atoms with E-state index in [1.807, 2.05) is 0 Å². The fourth-order valence-electron chi connectivity index (χ4n) is 1.58. The molecule has 1 aromatic carbocycles. The maximum absolute atomic E-state index is 13.1. The van der Waals surface area contributed by atoms with E-state index < -0.39 is 4.92 Å². The van der Waals surface area contributed by atoms with Crippen molar-refractivity contribution in [3.8, 4) is 11.6 Å². The zero-order valence-electron chi connectivity index (χ0n) is 10.4. The Balaban J connectivity index is 2.26. The van der Waals surface area contributed by atoms with E-state index in [4.69, 9.17) is 4.74 Å². The van der Waals surface area contributed by atoms with Crippen LogP contribution in [-0.2, 0) is 0 Å². The molecule has 0 unspecified atom stereocenters. The van der Waals surface area contributed by atoms with Crippen LogP contribution in [0.3, 0.4) is 0 Å². The average Bonchev–Trinajstić information content (AvgIpc) is 2.33. The van der Waals surface area contributed by atoms with Crippen molar-refractivity contribution in [2.24, 2.45) is 0 Å². The molecule has 0 bridgehead atoms. The largest absolute Gasteiger partial charge is 0.439 e. The number of rotatable bonds is 3. The average molecular weight is 262 g/mol. The van der Waals surface area contributed by atoms with Gasteiger partial charge in [-0.2, -0.15) is 0 Å². The molecule has 0 spiro atoms. The summed E-state index contributed by atoms with van der Waals surface area (Å²) in [6.45, 7) is 3.15. The van der Waals surface area contributed by atoms with Crippen LogP contribution >= 0.6 is 0 Å². The molecule has 0 radical (unpaired) electrons. The van der Waals surface area contributed by atoms with Crippen LogP contribution in [0.1, 0.15) is 11.3 Å². The molecule has 19 heavy (non-hydrogen) atoms. The van der Waals surface area contributed by atoms with E-state index in [1.165, 1.54) is 37.3 Å². The molecule has 0 amide bonds. The summed E-state index contributed by atoms with van der Waals surface area (Å²) in [5.41, 5.74) is 0.653. The molecule has 0 saturated carbocycles. The van der Waals surface area contributed by atoms with Gasteiger partial charge in [0.15, 0.2) is 0 Å². The monoisotopic (exact) mass is 262 g/mol. The van der Waals surface area contributed by atoms with E-state index in [-0.39, 0.29) is 23.1 Å². The van der Waals surface area contributed by atoms with E-state index in [2.05, 4.69) is 4.98 Å². The SMILES string of the molecule is Cc1cc(Oc2ccc([N+](=O)[O-])c(C)n2)ccc1F. The maximum Gasteiger partial charge on any atom is 0.290 e. The van der Waals surface area contributed by atoms with E-state index in [9.17, 15) is 14.5 Å². The minimum absolute atomic E-state index is 0.0670. The summed E-state index contributed by atoms with van der Waals surface area (Å²) in [4.78, 5) is 14.1. The van der Waals surface area contributed by atoms with Gasteiger partial charge in [-0.1, -0.05) is 0 Å². The molecule has 0 aliphatic rings. The first-order valence-corrected chi connectivity index (χ1v) is 5.53. The van der Waals surface area contributed by atoms with Crippen molar-refractivity contribution in [3.05, 3.63) is 57.5 Å². The fraction of sp³-hybridized carbons (Fsp3) is 0.154. The van der Waals surface area contributed by atoms with Crippen LogP contribution in [0.25, 0.3) is 0 Å². The number of hydrogen-bond donors (Lipinski definition) is 0. The zero-order valence-corrected chi connectivity index (χ0v) is 10.4. The van der Waals surface area contributed by atoms with Gasteiger partial charge in [0, 0.05) is 12.1 Å². The third-order valence-corrected chi connectivity index (χ3v) is 2.58. The van der Waals surface area contributed by atoms with Gasteiger partial charge in [0.2, 0.25) is 5.88 Å². The summed E-state index contributed by atoms with van der Waals surface area (Å²) in [7, 11) is 0. The highest BCUT2D eigenvalue weighted by Gasteiger charge is 2.12. The highest BCUT2D eigenvalue weighted by atomic mass is 19.1. The number of aromatic nitrogens is 1. The lowest BCUT2D eigenvalue weighted by Crippen LogP contribution is -1.96. The third-order valence-electron chi connectivity index (χ3n) is 2.58. The molecule has 0 aliphatic heterocycles. The van der Waals surface area contributed by atoms with Crippen molar-refractivity contribution < 1.29 is 14.1 Å². The quantitative estimate of drug-likeness (QED) is 0.626. The first-order chi connectivity index (χ1) is 8.97. The molecule has 1 heterocycles. The summed E-state index contributed by atoms with van der Waals surface area (Å²) in [6, 6.07) is 7.04. The Kier molecular flexibility index (Phi) is 3.41. The van der Waals surface area contributed by atoms with Gasteiger partial charge in [-0.15, -0.1) is 0 Å². The van der Waals surface area contributed by atoms with E-state index in [0.717, 1.165) is 0 Å². The number of ether oxygens (including phenoxy) is 1. The van der Waals surface area contributed by atoms with Crippen molar-refractivity contribution in [2.45, 2.75) is 13.8 Å². The Morgan fingerprint density at radius 2 is 2.00 bits per heavy atom. The normalized spacial score (nSPS) is 10.3. The van der Waals surface area contributed by atoms with Crippen LogP contribution in [0.5, 0.6) is 11.6 Å². The minimum atomic E-state index is -0.506. The number of nitro groups is 1. The van der Waals surface area contributed by atoms with Crippen molar-refractivity contribution in [1.82, 2.24) is 4.98 Å². The summed E-state index contributed by atoms with van der Waals surface area (Å²) in [5.74, 6) is 0.342. The lowest BCUT2D eigenvalue weighted by molar-refractivity contribution is -0.385. The molecule has 0 atom stereocenters. The van der Waals surface area contributed by atoms with Crippen LogP contribution in [0.15, 0.2) is 30.3 Å². The van der Waals surface area contributed by atoms with Crippen molar-refractivity contribution in [3.63, 3.8) is 0 Å². The molecule has 0 N–H and O–H groups in total. The molecule has 0 aliphatic carbocycles. The minimum Gasteiger partial charge on any atom is -0.439 e. The zero-order chi connectivity index (χ0) is 14.0. The lowest BCUT2D eigenvalue weighted by Gasteiger charge is -2.06. The second-order valence-corrected chi connectivity index (χ2v) is 4.02.